The van der Waals surface area contributed by atoms with E-state index >= 15 is 0 Å². The molecule has 1 heterocycles. The van der Waals surface area contributed by atoms with Gasteiger partial charge < -0.3 is 11.1 Å². The molecule has 2 aromatic rings. The second kappa shape index (κ2) is 5.18. The number of hydrogen-bond acceptors (Lipinski definition) is 3. The van der Waals surface area contributed by atoms with Gasteiger partial charge in [-0.3, -0.25) is 9.48 Å². The Bertz CT molecular complexity index is 584. The fourth-order valence-corrected chi connectivity index (χ4v) is 1.63. The highest BCUT2D eigenvalue weighted by Crippen LogP contribution is 2.19. The van der Waals surface area contributed by atoms with E-state index < -0.39 is 5.82 Å². The third kappa shape index (κ3) is 3.07. The minimum atomic E-state index is -0.434. The average Bonchev–Trinajstić information content (AvgIpc) is 2.69. The van der Waals surface area contributed by atoms with E-state index in [9.17, 15) is 9.18 Å². The summed E-state index contributed by atoms with van der Waals surface area (Å²) in [6.45, 7) is 0.0227. The Morgan fingerprint density at radius 3 is 2.89 bits per heavy atom. The van der Waals surface area contributed by atoms with Crippen LogP contribution in [0.25, 0.3) is 0 Å². The van der Waals surface area contributed by atoms with E-state index in [1.165, 1.54) is 16.8 Å². The van der Waals surface area contributed by atoms with Gasteiger partial charge in [0.1, 0.15) is 18.2 Å². The Morgan fingerprint density at radius 2 is 2.28 bits per heavy atom. The molecule has 0 atom stereocenters. The first kappa shape index (κ1) is 12.6. The van der Waals surface area contributed by atoms with E-state index in [0.29, 0.717) is 16.0 Å². The van der Waals surface area contributed by atoms with Crippen LogP contribution >= 0.6 is 15.9 Å². The van der Waals surface area contributed by atoms with Crippen LogP contribution in [0.1, 0.15) is 0 Å². The van der Waals surface area contributed by atoms with Crippen molar-refractivity contribution in [3.8, 4) is 0 Å². The van der Waals surface area contributed by atoms with E-state index in [0.717, 1.165) is 0 Å². The van der Waals surface area contributed by atoms with Crippen molar-refractivity contribution < 1.29 is 9.18 Å². The molecule has 0 fully saturated rings. The Balaban J connectivity index is 2.00. The third-order valence-electron chi connectivity index (χ3n) is 2.17. The normalized spacial score (nSPS) is 10.3. The van der Waals surface area contributed by atoms with Gasteiger partial charge in [0, 0.05) is 11.9 Å². The van der Waals surface area contributed by atoms with E-state index in [1.54, 1.807) is 18.3 Å². The fourth-order valence-electron chi connectivity index (χ4n) is 1.39. The molecule has 7 heteroatoms. The van der Waals surface area contributed by atoms with Crippen LogP contribution in [0.5, 0.6) is 0 Å². The third-order valence-corrected chi connectivity index (χ3v) is 2.81. The van der Waals surface area contributed by atoms with E-state index in [-0.39, 0.29) is 12.5 Å². The molecule has 0 bridgehead atoms. The summed E-state index contributed by atoms with van der Waals surface area (Å²) in [5.74, 6) is -0.395. The molecule has 1 aromatic carbocycles. The quantitative estimate of drug-likeness (QED) is 0.910. The van der Waals surface area contributed by atoms with Crippen LogP contribution in [0.4, 0.5) is 15.9 Å². The molecular formula is C11H10BrFN4O. The van der Waals surface area contributed by atoms with Gasteiger partial charge in [0.15, 0.2) is 0 Å². The lowest BCUT2D eigenvalue weighted by atomic mass is 10.3. The van der Waals surface area contributed by atoms with Gasteiger partial charge in [-0.2, -0.15) is 5.10 Å². The van der Waals surface area contributed by atoms with Crippen LogP contribution < -0.4 is 11.1 Å². The summed E-state index contributed by atoms with van der Waals surface area (Å²) in [6, 6.07) is 5.95. The van der Waals surface area contributed by atoms with Crippen molar-refractivity contribution in [2.75, 3.05) is 11.1 Å². The van der Waals surface area contributed by atoms with Crippen molar-refractivity contribution in [2.45, 2.75) is 6.54 Å². The Hall–Kier alpha value is -1.89. The Morgan fingerprint density at radius 1 is 1.50 bits per heavy atom. The highest BCUT2D eigenvalue weighted by Gasteiger charge is 2.06. The number of nitrogens with zero attached hydrogens (tertiary/aromatic N) is 2. The van der Waals surface area contributed by atoms with Gasteiger partial charge in [0.25, 0.3) is 0 Å². The summed E-state index contributed by atoms with van der Waals surface area (Å²) < 4.78 is 15.0. The van der Waals surface area contributed by atoms with Crippen molar-refractivity contribution in [2.24, 2.45) is 0 Å². The first-order valence-electron chi connectivity index (χ1n) is 5.08. The zero-order valence-corrected chi connectivity index (χ0v) is 10.8. The number of nitrogens with one attached hydrogen (secondary N) is 1. The number of nitrogen functional groups attached to an aromatic ring is 1. The molecule has 94 valence electrons. The predicted molar refractivity (Wildman–Crippen MR) is 69.4 cm³/mol. The maximum Gasteiger partial charge on any atom is 0.246 e. The second-order valence-electron chi connectivity index (χ2n) is 3.62. The van der Waals surface area contributed by atoms with Gasteiger partial charge in [-0.05, 0) is 40.2 Å². The van der Waals surface area contributed by atoms with Crippen molar-refractivity contribution in [3.63, 3.8) is 0 Å². The minimum absolute atomic E-state index is 0.0227. The molecule has 2 rings (SSSR count). The molecule has 0 aliphatic rings. The summed E-state index contributed by atoms with van der Waals surface area (Å²) in [6.07, 6.45) is 1.59. The molecule has 0 saturated carbocycles. The van der Waals surface area contributed by atoms with Crippen molar-refractivity contribution >= 4 is 33.3 Å². The van der Waals surface area contributed by atoms with Crippen molar-refractivity contribution in [3.05, 3.63) is 40.8 Å². The molecular weight excluding hydrogens is 303 g/mol. The zero-order valence-electron chi connectivity index (χ0n) is 9.23. The predicted octanol–water partition coefficient (Wildman–Crippen LogP) is 2.01. The maximum atomic E-state index is 13.2. The first-order chi connectivity index (χ1) is 8.54. The van der Waals surface area contributed by atoms with Crippen LogP contribution in [-0.4, -0.2) is 15.7 Å². The lowest BCUT2D eigenvalue weighted by molar-refractivity contribution is -0.116. The fraction of sp³-hybridized carbons (Fsp3) is 0.0909. The lowest BCUT2D eigenvalue weighted by Gasteiger charge is -2.06. The molecule has 1 aromatic heterocycles. The summed E-state index contributed by atoms with van der Waals surface area (Å²) in [5, 5.41) is 6.44. The standard InChI is InChI=1S/C11H10BrFN4O/c12-8-2-1-7(5-9(8)13)15-11(18)6-17-4-3-10(14)16-17/h1-5H,6H2,(H2,14,16)(H,15,18). The van der Waals surface area contributed by atoms with E-state index in [2.05, 4.69) is 26.3 Å². The maximum absolute atomic E-state index is 13.2. The number of nitrogens with two attached hydrogens (primary N) is 1. The molecule has 0 spiro atoms. The van der Waals surface area contributed by atoms with Crippen molar-refractivity contribution in [1.29, 1.82) is 0 Å². The van der Waals surface area contributed by atoms with Crippen LogP contribution in [-0.2, 0) is 11.3 Å². The molecule has 18 heavy (non-hydrogen) atoms. The second-order valence-corrected chi connectivity index (χ2v) is 4.47. The summed E-state index contributed by atoms with van der Waals surface area (Å²) in [7, 11) is 0. The van der Waals surface area contributed by atoms with Crippen LogP contribution in [0.3, 0.4) is 0 Å². The zero-order chi connectivity index (χ0) is 13.1. The molecule has 0 saturated heterocycles. The number of rotatable bonds is 3. The summed E-state index contributed by atoms with van der Waals surface area (Å²) >= 11 is 3.04. The number of benzene rings is 1. The van der Waals surface area contributed by atoms with Crippen molar-refractivity contribution in [1.82, 2.24) is 9.78 Å². The molecule has 3 N–H and O–H groups in total. The van der Waals surface area contributed by atoms with Gasteiger partial charge in [0.05, 0.1) is 4.47 Å². The van der Waals surface area contributed by atoms with Crippen LogP contribution in [0.15, 0.2) is 34.9 Å². The largest absolute Gasteiger partial charge is 0.382 e. The molecule has 0 aliphatic heterocycles. The summed E-state index contributed by atoms with van der Waals surface area (Å²) in [5.41, 5.74) is 5.81. The highest BCUT2D eigenvalue weighted by atomic mass is 79.9. The van der Waals surface area contributed by atoms with Gasteiger partial charge in [-0.25, -0.2) is 4.39 Å². The number of carbonyl (C=O) groups is 1. The minimum Gasteiger partial charge on any atom is -0.382 e. The molecule has 0 aliphatic carbocycles. The number of hydrogen-bond donors (Lipinski definition) is 2. The van der Waals surface area contributed by atoms with Gasteiger partial charge in [0.2, 0.25) is 5.91 Å². The molecule has 5 nitrogen and oxygen atoms in total. The Labute approximate surface area is 111 Å². The first-order valence-corrected chi connectivity index (χ1v) is 5.88. The van der Waals surface area contributed by atoms with Gasteiger partial charge >= 0.3 is 0 Å². The highest BCUT2D eigenvalue weighted by molar-refractivity contribution is 9.10. The summed E-state index contributed by atoms with van der Waals surface area (Å²) in [4.78, 5) is 11.6. The van der Waals surface area contributed by atoms with Gasteiger partial charge in [-0.1, -0.05) is 0 Å². The average molecular weight is 313 g/mol. The van der Waals surface area contributed by atoms with Crippen LogP contribution in [0.2, 0.25) is 0 Å². The SMILES string of the molecule is Nc1ccn(CC(=O)Nc2ccc(Br)c(F)c2)n1. The van der Waals surface area contributed by atoms with E-state index in [1.807, 2.05) is 0 Å². The lowest BCUT2D eigenvalue weighted by Crippen LogP contribution is -2.19. The number of halogens is 2. The number of anilines is 2. The topological polar surface area (TPSA) is 72.9 Å². The smallest absolute Gasteiger partial charge is 0.246 e. The van der Waals surface area contributed by atoms with E-state index in [4.69, 9.17) is 5.73 Å². The number of carbonyl (C=O) groups excluding carboxylic acids is 1. The molecule has 0 radical (unpaired) electrons. The Kier molecular flexibility index (Phi) is 3.61. The van der Waals surface area contributed by atoms with Crippen LogP contribution in [0, 0.1) is 5.82 Å². The number of aromatic nitrogens is 2. The molecule has 1 amide bonds. The number of amides is 1. The molecule has 0 unspecified atom stereocenters. The monoisotopic (exact) mass is 312 g/mol. The van der Waals surface area contributed by atoms with Gasteiger partial charge in [-0.15, -0.1) is 0 Å².